The van der Waals surface area contributed by atoms with E-state index in [9.17, 15) is 9.90 Å². The molecule has 0 fully saturated rings. The van der Waals surface area contributed by atoms with Gasteiger partial charge in [-0.1, -0.05) is 36.4 Å². The maximum Gasteiger partial charge on any atom is 0.317 e. The molecule has 0 spiro atoms. The molecule has 26 heavy (non-hydrogen) atoms. The number of benzene rings is 2. The minimum atomic E-state index is 0.00992. The van der Waals surface area contributed by atoms with Crippen molar-refractivity contribution in [1.29, 1.82) is 0 Å². The number of carbonyl (C=O) groups is 1. The molecule has 2 amide bonds. The van der Waals surface area contributed by atoms with E-state index in [0.717, 1.165) is 30.7 Å². The predicted octanol–water partition coefficient (Wildman–Crippen LogP) is 4.37. The molecule has 4 nitrogen and oxygen atoms in total. The normalized spacial score (nSPS) is 14.0. The Morgan fingerprint density at radius 2 is 1.88 bits per heavy atom. The first-order chi connectivity index (χ1) is 12.7. The van der Waals surface area contributed by atoms with Crippen LogP contribution in [0.3, 0.4) is 0 Å². The Morgan fingerprint density at radius 1 is 1.12 bits per heavy atom. The fourth-order valence-electron chi connectivity index (χ4n) is 2.88. The van der Waals surface area contributed by atoms with Crippen LogP contribution in [0.2, 0.25) is 0 Å². The standard InChI is InChI=1S/C21H24N2O2S/c24-19-9-7-17(8-10-19)18-11-14-23(15-12-18)21(25)22-13-4-16-26-20-5-2-1-3-6-20/h1-3,5-11,24H,4,12-16H2,(H,22,25). The fourth-order valence-corrected chi connectivity index (χ4v) is 3.75. The topological polar surface area (TPSA) is 52.6 Å². The van der Waals surface area contributed by atoms with Crippen molar-refractivity contribution >= 4 is 23.4 Å². The van der Waals surface area contributed by atoms with Gasteiger partial charge in [-0.3, -0.25) is 0 Å². The molecule has 5 heteroatoms. The summed E-state index contributed by atoms with van der Waals surface area (Å²) >= 11 is 1.81. The van der Waals surface area contributed by atoms with Crippen LogP contribution in [0.5, 0.6) is 5.75 Å². The smallest absolute Gasteiger partial charge is 0.317 e. The molecule has 3 rings (SSSR count). The molecule has 2 aromatic rings. The monoisotopic (exact) mass is 368 g/mol. The Morgan fingerprint density at radius 3 is 2.58 bits per heavy atom. The number of phenolic OH excluding ortho intramolecular Hbond substituents is 1. The summed E-state index contributed by atoms with van der Waals surface area (Å²) in [6.45, 7) is 2.04. The Hall–Kier alpha value is -2.40. The fraction of sp³-hybridized carbons (Fsp3) is 0.286. The van der Waals surface area contributed by atoms with E-state index in [4.69, 9.17) is 0 Å². The quantitative estimate of drug-likeness (QED) is 0.588. The molecule has 0 saturated carbocycles. The van der Waals surface area contributed by atoms with Crippen molar-refractivity contribution in [3.8, 4) is 5.75 Å². The highest BCUT2D eigenvalue weighted by molar-refractivity contribution is 7.99. The lowest BCUT2D eigenvalue weighted by atomic mass is 9.99. The van der Waals surface area contributed by atoms with Gasteiger partial charge in [0.25, 0.3) is 0 Å². The molecule has 0 radical (unpaired) electrons. The number of thioether (sulfide) groups is 1. The molecule has 0 atom stereocenters. The van der Waals surface area contributed by atoms with Crippen molar-refractivity contribution in [1.82, 2.24) is 10.2 Å². The molecule has 2 aromatic carbocycles. The van der Waals surface area contributed by atoms with Crippen LogP contribution in [0, 0.1) is 0 Å². The van der Waals surface area contributed by atoms with Crippen molar-refractivity contribution < 1.29 is 9.90 Å². The number of phenols is 1. The molecular formula is C21H24N2O2S. The summed E-state index contributed by atoms with van der Waals surface area (Å²) in [6, 6.07) is 17.6. The Kier molecular flexibility index (Phi) is 6.61. The molecule has 1 aliphatic rings. The number of rotatable bonds is 6. The maximum absolute atomic E-state index is 12.3. The molecule has 0 aromatic heterocycles. The number of carbonyl (C=O) groups excluding carboxylic acids is 1. The van der Waals surface area contributed by atoms with E-state index in [0.29, 0.717) is 13.1 Å². The zero-order valence-corrected chi connectivity index (χ0v) is 15.5. The summed E-state index contributed by atoms with van der Waals surface area (Å²) in [5, 5.41) is 12.4. The van der Waals surface area contributed by atoms with Crippen LogP contribution >= 0.6 is 11.8 Å². The van der Waals surface area contributed by atoms with Gasteiger partial charge in [0.15, 0.2) is 0 Å². The molecule has 1 aliphatic heterocycles. The third kappa shape index (κ3) is 5.30. The van der Waals surface area contributed by atoms with Crippen LogP contribution in [0.15, 0.2) is 65.6 Å². The van der Waals surface area contributed by atoms with Gasteiger partial charge in [-0.2, -0.15) is 0 Å². The third-order valence-electron chi connectivity index (χ3n) is 4.34. The average Bonchev–Trinajstić information content (AvgIpc) is 2.69. The lowest BCUT2D eigenvalue weighted by Gasteiger charge is -2.27. The number of nitrogens with zero attached hydrogens (tertiary/aromatic N) is 1. The molecule has 0 unspecified atom stereocenters. The highest BCUT2D eigenvalue weighted by atomic mass is 32.2. The molecule has 0 aliphatic carbocycles. The molecule has 1 heterocycles. The van der Waals surface area contributed by atoms with Crippen molar-refractivity contribution in [2.75, 3.05) is 25.4 Å². The van der Waals surface area contributed by atoms with Crippen molar-refractivity contribution in [2.45, 2.75) is 17.7 Å². The van der Waals surface area contributed by atoms with E-state index in [1.165, 1.54) is 10.5 Å². The zero-order valence-electron chi connectivity index (χ0n) is 14.7. The highest BCUT2D eigenvalue weighted by Crippen LogP contribution is 2.24. The number of aromatic hydroxyl groups is 1. The minimum Gasteiger partial charge on any atom is -0.508 e. The van der Waals surface area contributed by atoms with Gasteiger partial charge in [0.05, 0.1) is 0 Å². The Labute approximate surface area is 158 Å². The van der Waals surface area contributed by atoms with Gasteiger partial charge in [0.1, 0.15) is 5.75 Å². The van der Waals surface area contributed by atoms with E-state index >= 15 is 0 Å². The maximum atomic E-state index is 12.3. The van der Waals surface area contributed by atoms with Gasteiger partial charge in [0, 0.05) is 24.5 Å². The number of hydrogen-bond donors (Lipinski definition) is 2. The second-order valence-corrected chi connectivity index (χ2v) is 7.39. The summed E-state index contributed by atoms with van der Waals surface area (Å²) in [7, 11) is 0. The van der Waals surface area contributed by atoms with Crippen LogP contribution in [0.25, 0.3) is 5.57 Å². The molecule has 0 saturated heterocycles. The predicted molar refractivity (Wildman–Crippen MR) is 107 cm³/mol. The minimum absolute atomic E-state index is 0.00992. The van der Waals surface area contributed by atoms with Gasteiger partial charge >= 0.3 is 6.03 Å². The van der Waals surface area contributed by atoms with Crippen LogP contribution in [-0.4, -0.2) is 41.4 Å². The van der Waals surface area contributed by atoms with Crippen molar-refractivity contribution in [3.05, 3.63) is 66.2 Å². The SMILES string of the molecule is O=C(NCCCSc1ccccc1)N1CC=C(c2ccc(O)cc2)CC1. The summed E-state index contributed by atoms with van der Waals surface area (Å²) in [4.78, 5) is 15.4. The second kappa shape index (κ2) is 9.34. The van der Waals surface area contributed by atoms with E-state index in [1.807, 2.05) is 47.0 Å². The largest absolute Gasteiger partial charge is 0.508 e. The Balaban J connectivity index is 1.37. The first-order valence-electron chi connectivity index (χ1n) is 8.91. The molecular weight excluding hydrogens is 344 g/mol. The summed E-state index contributed by atoms with van der Waals surface area (Å²) < 4.78 is 0. The first-order valence-corrected chi connectivity index (χ1v) is 9.90. The number of hydrogen-bond acceptors (Lipinski definition) is 3. The highest BCUT2D eigenvalue weighted by Gasteiger charge is 2.17. The van der Waals surface area contributed by atoms with Crippen LogP contribution in [0.1, 0.15) is 18.4 Å². The third-order valence-corrected chi connectivity index (χ3v) is 5.44. The second-order valence-electron chi connectivity index (χ2n) is 6.22. The van der Waals surface area contributed by atoms with Gasteiger partial charge < -0.3 is 15.3 Å². The van der Waals surface area contributed by atoms with E-state index in [2.05, 4.69) is 23.5 Å². The van der Waals surface area contributed by atoms with Crippen LogP contribution < -0.4 is 5.32 Å². The Bertz CT molecular complexity index is 744. The van der Waals surface area contributed by atoms with Gasteiger partial charge in [-0.15, -0.1) is 11.8 Å². The van der Waals surface area contributed by atoms with Crippen LogP contribution in [-0.2, 0) is 0 Å². The van der Waals surface area contributed by atoms with E-state index in [1.54, 1.807) is 12.1 Å². The van der Waals surface area contributed by atoms with Gasteiger partial charge in [-0.05, 0) is 54.0 Å². The molecule has 2 N–H and O–H groups in total. The molecule has 0 bridgehead atoms. The van der Waals surface area contributed by atoms with E-state index < -0.39 is 0 Å². The van der Waals surface area contributed by atoms with Crippen LogP contribution in [0.4, 0.5) is 4.79 Å². The first kappa shape index (κ1) is 18.4. The van der Waals surface area contributed by atoms with Crippen molar-refractivity contribution in [3.63, 3.8) is 0 Å². The van der Waals surface area contributed by atoms with Gasteiger partial charge in [0.2, 0.25) is 0 Å². The number of nitrogens with one attached hydrogen (secondary N) is 1. The summed E-state index contributed by atoms with van der Waals surface area (Å²) in [5.41, 5.74) is 2.34. The zero-order chi connectivity index (χ0) is 18.2. The van der Waals surface area contributed by atoms with Gasteiger partial charge in [-0.25, -0.2) is 4.79 Å². The lowest BCUT2D eigenvalue weighted by molar-refractivity contribution is 0.203. The van der Waals surface area contributed by atoms with E-state index in [-0.39, 0.29) is 11.8 Å². The summed E-state index contributed by atoms with van der Waals surface area (Å²) in [5.74, 6) is 1.27. The lowest BCUT2D eigenvalue weighted by Crippen LogP contribution is -2.42. The average molecular weight is 369 g/mol. The summed E-state index contributed by atoms with van der Waals surface area (Å²) in [6.07, 6.45) is 3.89. The molecule has 136 valence electrons. The van der Waals surface area contributed by atoms with Crippen molar-refractivity contribution in [2.24, 2.45) is 0 Å². The number of urea groups is 1. The number of amides is 2.